The van der Waals surface area contributed by atoms with Crippen LogP contribution in [0, 0.1) is 98.1 Å². The summed E-state index contributed by atoms with van der Waals surface area (Å²) in [5.41, 5.74) is 13.5. The van der Waals surface area contributed by atoms with Crippen molar-refractivity contribution in [2.24, 2.45) is 9.98 Å². The fourth-order valence-corrected chi connectivity index (χ4v) is 22.5. The number of halogens is 3. The first-order valence-electron chi connectivity index (χ1n) is 47.3. The Hall–Kier alpha value is -16.2. The van der Waals surface area contributed by atoms with Crippen LogP contribution in [0.2, 0.25) is 0 Å². The lowest BCUT2D eigenvalue weighted by Crippen LogP contribution is -2.55. The predicted octanol–water partition coefficient (Wildman–Crippen LogP) is 26.8. The number of amides is 3. The van der Waals surface area contributed by atoms with E-state index in [9.17, 15) is 42.6 Å². The first-order chi connectivity index (χ1) is 70.6. The third kappa shape index (κ3) is 19.1. The van der Waals surface area contributed by atoms with Crippen LogP contribution in [0.4, 0.5) is 104 Å². The molecule has 4 N–H and O–H groups in total. The Kier molecular flexibility index (Phi) is 29.5. The van der Waals surface area contributed by atoms with Crippen LogP contribution < -0.4 is 54.3 Å². The third-order valence-electron chi connectivity index (χ3n) is 28.2. The zero-order chi connectivity index (χ0) is 106. The average Bonchev–Trinajstić information content (AvgIpc) is 1.55. The van der Waals surface area contributed by atoms with Crippen LogP contribution in [0.5, 0.6) is 11.5 Å². The number of nitriles is 1. The van der Waals surface area contributed by atoms with Gasteiger partial charge in [0.2, 0.25) is 5.91 Å². The number of nitrogens with zero attached hydrogens (tertiary/aromatic N) is 18. The van der Waals surface area contributed by atoms with Gasteiger partial charge in [0.15, 0.2) is 59.1 Å². The number of hydrogen-bond acceptors (Lipinski definition) is 14. The van der Waals surface area contributed by atoms with Gasteiger partial charge in [0.05, 0.1) is 55.6 Å². The Morgan fingerprint density at radius 2 is 0.703 bits per heavy atom. The number of nitrogens with one attached hydrogen (secondary N) is 2. The highest BCUT2D eigenvalue weighted by Crippen LogP contribution is 2.55. The second kappa shape index (κ2) is 41.7. The van der Waals surface area contributed by atoms with E-state index < -0.39 is 45.0 Å². The van der Waals surface area contributed by atoms with E-state index in [1.54, 1.807) is 129 Å². The summed E-state index contributed by atoms with van der Waals surface area (Å²) in [6, 6.07) is 69.0. The molecule has 148 heavy (non-hydrogen) atoms. The van der Waals surface area contributed by atoms with Crippen LogP contribution in [0.1, 0.15) is 158 Å². The zero-order valence-electron chi connectivity index (χ0n) is 82.2. The minimum Gasteiger partial charge on any atom is -0.508 e. The topological polar surface area (TPSA) is 247 Å². The number of aromatic hydroxyl groups is 2. The summed E-state index contributed by atoms with van der Waals surface area (Å²) < 4.78 is 40.6. The average molecular weight is 2080 g/mol. The van der Waals surface area contributed by atoms with Crippen molar-refractivity contribution in [3.05, 3.63) is 343 Å². The summed E-state index contributed by atoms with van der Waals surface area (Å²) in [7, 11) is 0. The van der Waals surface area contributed by atoms with Crippen LogP contribution in [-0.4, -0.2) is 110 Å². The zero-order valence-corrected chi connectivity index (χ0v) is 87.1. The standard InChI is InChI=1S/C29H21F3N6OS2.C23H22N4OS.C21H17N3O2S.C21H19N3OS.C19H18N4OS/c1-17-14-21(8-11-24(17)34-2)37-25(28(12-3-13-28)38(27(37)41)20-6-9-22(39)10-7-20)36-26(40)35-19-5-4-18(16-33)23(15-19)29(30,31)32;1-15-6-8-18(9-7-15)27-22(29)26(19-10-11-20(24-4)16(2)14-19)21(25-17(3)28)23(27)12-5-13-23;1-14-12-17(8-9-18(14)22-2)23-19(26)21(10-3-11-21)24(20(23)27)16-6-4-15(13-25)5-7-16;1-14-5-7-16(8-6-14)24-20(26)23(19(25)21(24)11-4-12-21)17-9-10-18(22-3)15(2)13-17;1-12-11-14(7-10-16(12)21-4)22-17(20)19(2,3)23(18(22)25)13-5-8-15(24)9-6-13/h4-11,14-15,39H,3,12-13H2,1H3,(H,35,40);6-11,14H,5,12-13H2,1-3H3;4-9,12-13H,3,10-11H2,1H3;5-10,13H,4,11-12H2,1-2H3;5-11,20,24H,1-3H3. The minimum absolute atomic E-state index is 0.0202. The molecule has 20 rings (SSSR count). The molecule has 3 amide bonds. The normalized spacial score (nSPS) is 17.5. The quantitative estimate of drug-likeness (QED) is 0.0504. The molecule has 0 atom stereocenters. The van der Waals surface area contributed by atoms with E-state index >= 15 is 0 Å². The number of amidine groups is 3. The number of carbonyl (C=O) groups excluding carboxylic acids is 4. The van der Waals surface area contributed by atoms with Crippen molar-refractivity contribution >= 4 is 236 Å². The first-order valence-corrected chi connectivity index (χ1v) is 49.8. The summed E-state index contributed by atoms with van der Waals surface area (Å²) in [6.45, 7) is 55.1. The molecule has 0 unspecified atom stereocenters. The molecule has 0 radical (unpaired) electrons. The number of aryl methyl sites for hydroxylation is 7. The van der Waals surface area contributed by atoms with Gasteiger partial charge in [-0.3, -0.25) is 49.1 Å². The highest BCUT2D eigenvalue weighted by atomic mass is 32.1. The van der Waals surface area contributed by atoms with Crippen LogP contribution in [-0.2, 0) is 20.6 Å². The molecule has 9 aliphatic rings. The molecule has 5 heterocycles. The Bertz CT molecular complexity index is 7710. The first kappa shape index (κ1) is 105. The Morgan fingerprint density at radius 1 is 0.419 bits per heavy atom. The van der Waals surface area contributed by atoms with Gasteiger partial charge in [0, 0.05) is 75.0 Å². The fourth-order valence-electron chi connectivity index (χ4n) is 19.8. The van der Waals surface area contributed by atoms with Crippen molar-refractivity contribution in [1.29, 1.82) is 10.7 Å². The van der Waals surface area contributed by atoms with Crippen molar-refractivity contribution in [3.63, 3.8) is 0 Å². The predicted molar refractivity (Wildman–Crippen MR) is 601 cm³/mol. The summed E-state index contributed by atoms with van der Waals surface area (Å²) in [5, 5.41) is 42.3. The van der Waals surface area contributed by atoms with Crippen LogP contribution >= 0.6 is 73.3 Å². The number of phenolic OH excluding ortho intramolecular Hbond substituents is 2. The van der Waals surface area contributed by atoms with Crippen LogP contribution in [0.3, 0.4) is 0 Å². The molecule has 4 spiro atoms. The van der Waals surface area contributed by atoms with Gasteiger partial charge in [-0.15, -0.1) is 0 Å². The molecule has 4 saturated carbocycles. The van der Waals surface area contributed by atoms with Gasteiger partial charge in [0.25, 0.3) is 11.8 Å². The molecule has 0 bridgehead atoms. The molecule has 4 aliphatic carbocycles. The molecular formula is C113H97F3N20O6S6. The third-order valence-corrected chi connectivity index (χ3v) is 30.2. The molecule has 35 heteroatoms. The minimum atomic E-state index is -4.72. The molecule has 5 aliphatic heterocycles. The number of benzene rings is 11. The van der Waals surface area contributed by atoms with Gasteiger partial charge in [-0.05, 0) is 416 Å². The summed E-state index contributed by atoms with van der Waals surface area (Å²) >= 11 is 34.6. The van der Waals surface area contributed by atoms with E-state index in [-0.39, 0.29) is 40.0 Å². The molecule has 11 aromatic carbocycles. The molecular weight excluding hydrogens is 1980 g/mol. The molecule has 11 aromatic rings. The smallest absolute Gasteiger partial charge is 0.417 e. The SMILES string of the molecule is [C-]#[N+]c1ccc(N2C(=N)C(C)(C)N(c3ccc(O)cc3)C2=S)cc1C.[C-]#[N+]c1ccc(N2C(=O)C3(CCC3)N(c3ccc(C)cc3)C2=S)cc1C.[C-]#[N+]c1ccc(N2C(=O)C3(CCC3)N(c3ccc(C=O)cc3)C2=S)cc1C.[C-]#[N+]c1ccc(N2C(=S)N(c3ccc(C)cc3)C3(CCC3)C2=NC(C)=O)cc1C.[C-]#[N+]c1ccc(N2C(=S)N(c3ccc(O)cc3)C3(CCC3)C2=NC(=S)Nc2ccc(C#N)c(C(F)(F)F)c2)cc1C. The van der Waals surface area contributed by atoms with Crippen molar-refractivity contribution < 1.29 is 42.6 Å². The van der Waals surface area contributed by atoms with Crippen molar-refractivity contribution in [2.75, 3.05) is 54.3 Å². The van der Waals surface area contributed by atoms with Crippen LogP contribution in [0.15, 0.2) is 241 Å². The number of carbonyl (C=O) groups is 4. The monoisotopic (exact) mass is 2080 g/mol. The number of alkyl halides is 3. The maximum Gasteiger partial charge on any atom is 0.417 e. The molecule has 9 fully saturated rings. The van der Waals surface area contributed by atoms with E-state index in [0.29, 0.717) is 101 Å². The highest BCUT2D eigenvalue weighted by molar-refractivity contribution is 7.82. The Morgan fingerprint density at radius 3 is 1.00 bits per heavy atom. The lowest BCUT2D eigenvalue weighted by atomic mass is 9.74. The molecule has 0 aromatic heterocycles. The lowest BCUT2D eigenvalue weighted by Gasteiger charge is -2.44. The second-order valence-electron chi connectivity index (χ2n) is 37.8. The maximum atomic E-state index is 13.5. The number of aldehydes is 1. The summed E-state index contributed by atoms with van der Waals surface area (Å²) in [4.78, 5) is 95.1. The van der Waals surface area contributed by atoms with Gasteiger partial charge in [0.1, 0.15) is 57.4 Å². The van der Waals surface area contributed by atoms with E-state index in [0.717, 1.165) is 156 Å². The van der Waals surface area contributed by atoms with Gasteiger partial charge in [-0.2, -0.15) is 23.4 Å². The van der Waals surface area contributed by atoms with Crippen molar-refractivity contribution in [3.8, 4) is 17.6 Å². The fraction of sp³-hybridized carbons (Fsp3) is 0.248. The Labute approximate surface area is 888 Å². The van der Waals surface area contributed by atoms with E-state index in [1.165, 1.54) is 24.1 Å². The van der Waals surface area contributed by atoms with Gasteiger partial charge in [-0.1, -0.05) is 65.7 Å². The van der Waals surface area contributed by atoms with Crippen LogP contribution in [0.25, 0.3) is 24.2 Å². The molecule has 5 saturated heterocycles. The number of phenols is 2. The van der Waals surface area contributed by atoms with E-state index in [4.69, 9.17) is 122 Å². The lowest BCUT2D eigenvalue weighted by molar-refractivity contribution is -0.137. The van der Waals surface area contributed by atoms with Gasteiger partial charge in [-0.25, -0.2) is 29.2 Å². The number of aliphatic imine (C=N–C) groups is 2. The highest BCUT2D eigenvalue weighted by Gasteiger charge is 2.63. The number of rotatable bonds is 12. The maximum absolute atomic E-state index is 13.5. The molecule has 742 valence electrons. The summed E-state index contributed by atoms with van der Waals surface area (Å²) in [6.07, 6.45) is 6.28. The van der Waals surface area contributed by atoms with E-state index in [1.807, 2.05) is 165 Å². The summed E-state index contributed by atoms with van der Waals surface area (Å²) in [5.74, 6) is 1.63. The largest absolute Gasteiger partial charge is 0.508 e. The number of hydrogen-bond donors (Lipinski definition) is 4. The number of anilines is 11. The van der Waals surface area contributed by atoms with E-state index in [2.05, 4.69) is 70.6 Å². The van der Waals surface area contributed by atoms with Crippen molar-refractivity contribution in [1.82, 2.24) is 0 Å². The second-order valence-corrected chi connectivity index (χ2v) is 40.1. The van der Waals surface area contributed by atoms with Crippen molar-refractivity contribution in [2.45, 2.75) is 180 Å². The van der Waals surface area contributed by atoms with Gasteiger partial charge >= 0.3 is 6.18 Å². The number of thiocarbonyl (C=S) groups is 6. The Balaban J connectivity index is 0.000000134. The van der Waals surface area contributed by atoms with Gasteiger partial charge < -0.3 is 40.0 Å². The molecule has 26 nitrogen and oxygen atoms in total.